The Morgan fingerprint density at radius 1 is 1.31 bits per heavy atom. The highest BCUT2D eigenvalue weighted by Gasteiger charge is 2.32. The number of anilines is 2. The Morgan fingerprint density at radius 3 is 2.83 bits per heavy atom. The molecule has 0 saturated heterocycles. The Morgan fingerprint density at radius 2 is 2.10 bits per heavy atom. The lowest BCUT2D eigenvalue weighted by atomic mass is 10.1. The Kier molecular flexibility index (Phi) is 4.95. The molecule has 1 aliphatic rings. The molecule has 152 valence electrons. The van der Waals surface area contributed by atoms with Crippen molar-refractivity contribution >= 4 is 48.3 Å². The predicted molar refractivity (Wildman–Crippen MR) is 116 cm³/mol. The molecular formula is C20H21N3O4S2. The SMILES string of the molecule is CCOc1ccc2nc(NC(=O)c3ccc4c(c3)C[C@@H](C)N4S(C)(=O)=O)sc2c1. The molecule has 0 unspecified atom stereocenters. The molecule has 9 heteroatoms. The number of fused-ring (bicyclic) bond motifs is 2. The fourth-order valence-electron chi connectivity index (χ4n) is 3.63. The number of amides is 1. The molecule has 0 aliphatic carbocycles. The molecule has 0 radical (unpaired) electrons. The van der Waals surface area contributed by atoms with E-state index in [1.54, 1.807) is 18.2 Å². The number of hydrogen-bond acceptors (Lipinski definition) is 6. The summed E-state index contributed by atoms with van der Waals surface area (Å²) in [6, 6.07) is 10.6. The van der Waals surface area contributed by atoms with Crippen LogP contribution in [0, 0.1) is 0 Å². The zero-order valence-corrected chi connectivity index (χ0v) is 17.9. The third-order valence-electron chi connectivity index (χ3n) is 4.74. The van der Waals surface area contributed by atoms with Crippen LogP contribution in [-0.2, 0) is 16.4 Å². The molecular weight excluding hydrogens is 410 g/mol. The van der Waals surface area contributed by atoms with Crippen LogP contribution in [0.2, 0.25) is 0 Å². The Bertz CT molecular complexity index is 1200. The van der Waals surface area contributed by atoms with Crippen molar-refractivity contribution in [2.75, 3.05) is 22.5 Å². The highest BCUT2D eigenvalue weighted by molar-refractivity contribution is 7.92. The summed E-state index contributed by atoms with van der Waals surface area (Å²) in [7, 11) is -3.36. The van der Waals surface area contributed by atoms with Crippen LogP contribution in [0.15, 0.2) is 36.4 Å². The van der Waals surface area contributed by atoms with Crippen LogP contribution in [0.4, 0.5) is 10.8 Å². The minimum Gasteiger partial charge on any atom is -0.494 e. The molecule has 4 rings (SSSR count). The van der Waals surface area contributed by atoms with Gasteiger partial charge in [-0.1, -0.05) is 11.3 Å². The number of nitrogens with zero attached hydrogens (tertiary/aromatic N) is 2. The first kappa shape index (κ1) is 19.7. The van der Waals surface area contributed by atoms with E-state index in [4.69, 9.17) is 4.74 Å². The molecule has 1 aliphatic heterocycles. The van der Waals surface area contributed by atoms with Crippen LogP contribution in [0.25, 0.3) is 10.2 Å². The van der Waals surface area contributed by atoms with Gasteiger partial charge in [0.15, 0.2) is 5.13 Å². The maximum atomic E-state index is 12.7. The number of hydrogen-bond donors (Lipinski definition) is 1. The average Bonchev–Trinajstić information content (AvgIpc) is 3.19. The number of ether oxygens (including phenoxy) is 1. The number of carbonyl (C=O) groups excluding carboxylic acids is 1. The predicted octanol–water partition coefficient (Wildman–Crippen LogP) is 3.66. The van der Waals surface area contributed by atoms with Crippen molar-refractivity contribution in [3.8, 4) is 5.75 Å². The molecule has 1 N–H and O–H groups in total. The smallest absolute Gasteiger partial charge is 0.257 e. The van der Waals surface area contributed by atoms with E-state index in [9.17, 15) is 13.2 Å². The first-order valence-corrected chi connectivity index (χ1v) is 11.9. The topological polar surface area (TPSA) is 88.6 Å². The largest absolute Gasteiger partial charge is 0.494 e. The van der Waals surface area contributed by atoms with E-state index in [1.807, 2.05) is 32.0 Å². The molecule has 0 spiro atoms. The monoisotopic (exact) mass is 431 g/mol. The minimum absolute atomic E-state index is 0.165. The third-order valence-corrected chi connectivity index (χ3v) is 6.95. The van der Waals surface area contributed by atoms with E-state index < -0.39 is 10.0 Å². The standard InChI is InChI=1S/C20H21N3O4S2/c1-4-27-15-6-7-16-18(11-15)28-20(21-16)22-19(24)13-5-8-17-14(10-13)9-12(2)23(17)29(3,25)26/h5-8,10-12H,4,9H2,1-3H3,(H,21,22,24)/t12-/m1/s1. The summed E-state index contributed by atoms with van der Waals surface area (Å²) < 4.78 is 31.9. The van der Waals surface area contributed by atoms with Gasteiger partial charge >= 0.3 is 0 Å². The maximum absolute atomic E-state index is 12.7. The van der Waals surface area contributed by atoms with Crippen LogP contribution in [-0.4, -0.2) is 38.2 Å². The van der Waals surface area contributed by atoms with Crippen molar-refractivity contribution in [2.45, 2.75) is 26.3 Å². The van der Waals surface area contributed by atoms with Crippen LogP contribution in [0.5, 0.6) is 5.75 Å². The summed E-state index contributed by atoms with van der Waals surface area (Å²) in [6.07, 6.45) is 1.77. The van der Waals surface area contributed by atoms with Crippen molar-refractivity contribution in [2.24, 2.45) is 0 Å². The second-order valence-corrected chi connectivity index (χ2v) is 9.88. The molecule has 1 aromatic heterocycles. The fraction of sp³-hybridized carbons (Fsp3) is 0.300. The maximum Gasteiger partial charge on any atom is 0.257 e. The van der Waals surface area contributed by atoms with Crippen molar-refractivity contribution in [1.29, 1.82) is 0 Å². The van der Waals surface area contributed by atoms with E-state index >= 15 is 0 Å². The van der Waals surface area contributed by atoms with Crippen LogP contribution >= 0.6 is 11.3 Å². The summed E-state index contributed by atoms with van der Waals surface area (Å²) in [6.45, 7) is 4.37. The number of carbonyl (C=O) groups is 1. The number of nitrogens with one attached hydrogen (secondary N) is 1. The third kappa shape index (κ3) is 3.79. The lowest BCUT2D eigenvalue weighted by Crippen LogP contribution is -2.34. The van der Waals surface area contributed by atoms with Gasteiger partial charge in [0.05, 0.1) is 28.8 Å². The van der Waals surface area contributed by atoms with Gasteiger partial charge in [0.1, 0.15) is 5.75 Å². The summed E-state index contributed by atoms with van der Waals surface area (Å²) in [5, 5.41) is 3.34. The molecule has 0 fully saturated rings. The van der Waals surface area contributed by atoms with Gasteiger partial charge in [-0.2, -0.15) is 0 Å². The highest BCUT2D eigenvalue weighted by atomic mass is 32.2. The Labute approximate surface area is 173 Å². The first-order valence-electron chi connectivity index (χ1n) is 9.23. The number of sulfonamides is 1. The van der Waals surface area contributed by atoms with Gasteiger partial charge in [0.25, 0.3) is 5.91 Å². The van der Waals surface area contributed by atoms with E-state index in [1.165, 1.54) is 21.9 Å². The van der Waals surface area contributed by atoms with Crippen LogP contribution in [0.3, 0.4) is 0 Å². The summed E-state index contributed by atoms with van der Waals surface area (Å²) in [5.41, 5.74) is 2.75. The quantitative estimate of drug-likeness (QED) is 0.666. The second kappa shape index (κ2) is 7.31. The molecule has 1 atom stereocenters. The Balaban J connectivity index is 1.57. The van der Waals surface area contributed by atoms with Crippen molar-refractivity contribution in [3.05, 3.63) is 47.5 Å². The van der Waals surface area contributed by atoms with Gasteiger partial charge in [-0.15, -0.1) is 0 Å². The number of thiazole rings is 1. The zero-order valence-electron chi connectivity index (χ0n) is 16.3. The minimum atomic E-state index is -3.36. The van der Waals surface area contributed by atoms with Gasteiger partial charge in [-0.3, -0.25) is 14.4 Å². The Hall–Kier alpha value is -2.65. The fourth-order valence-corrected chi connectivity index (χ4v) is 5.79. The summed E-state index contributed by atoms with van der Waals surface area (Å²) in [4.78, 5) is 17.2. The number of rotatable bonds is 5. The average molecular weight is 432 g/mol. The molecule has 0 saturated carbocycles. The first-order chi connectivity index (χ1) is 13.8. The molecule has 1 amide bonds. The van der Waals surface area contributed by atoms with E-state index in [0.717, 1.165) is 21.5 Å². The van der Waals surface area contributed by atoms with E-state index in [0.29, 0.717) is 29.4 Å². The summed E-state index contributed by atoms with van der Waals surface area (Å²) >= 11 is 1.38. The molecule has 3 aromatic rings. The van der Waals surface area contributed by atoms with Gasteiger partial charge in [-0.25, -0.2) is 13.4 Å². The van der Waals surface area contributed by atoms with Gasteiger partial charge < -0.3 is 4.74 Å². The van der Waals surface area contributed by atoms with Crippen LogP contribution < -0.4 is 14.4 Å². The number of benzene rings is 2. The van der Waals surface area contributed by atoms with Crippen molar-refractivity contribution < 1.29 is 17.9 Å². The van der Waals surface area contributed by atoms with Crippen molar-refractivity contribution in [1.82, 2.24) is 4.98 Å². The zero-order chi connectivity index (χ0) is 20.8. The summed E-state index contributed by atoms with van der Waals surface area (Å²) in [5.74, 6) is 0.493. The normalized spacial score (nSPS) is 16.1. The van der Waals surface area contributed by atoms with Gasteiger partial charge in [-0.05, 0) is 62.2 Å². The van der Waals surface area contributed by atoms with Crippen molar-refractivity contribution in [3.63, 3.8) is 0 Å². The molecule has 2 heterocycles. The molecule has 0 bridgehead atoms. The molecule has 2 aromatic carbocycles. The second-order valence-electron chi connectivity index (χ2n) is 6.99. The molecule has 7 nitrogen and oxygen atoms in total. The number of aromatic nitrogens is 1. The van der Waals surface area contributed by atoms with E-state index in [2.05, 4.69) is 10.3 Å². The lowest BCUT2D eigenvalue weighted by molar-refractivity contribution is 0.102. The van der Waals surface area contributed by atoms with Crippen LogP contribution in [0.1, 0.15) is 29.8 Å². The van der Waals surface area contributed by atoms with Gasteiger partial charge in [0.2, 0.25) is 10.0 Å². The lowest BCUT2D eigenvalue weighted by Gasteiger charge is -2.21. The van der Waals surface area contributed by atoms with Gasteiger partial charge in [0, 0.05) is 11.6 Å². The highest BCUT2D eigenvalue weighted by Crippen LogP contribution is 2.35. The van der Waals surface area contributed by atoms with E-state index in [-0.39, 0.29) is 11.9 Å². The molecule has 29 heavy (non-hydrogen) atoms.